The van der Waals surface area contributed by atoms with E-state index in [1.54, 1.807) is 11.3 Å². The summed E-state index contributed by atoms with van der Waals surface area (Å²) in [6.45, 7) is 2.92. The van der Waals surface area contributed by atoms with Gasteiger partial charge in [0.25, 0.3) is 0 Å². The second-order valence-electron chi connectivity index (χ2n) is 4.35. The molecule has 1 heterocycles. The summed E-state index contributed by atoms with van der Waals surface area (Å²) >= 11 is 1.73. The number of nitrogens with zero attached hydrogens (tertiary/aromatic N) is 2. The summed E-state index contributed by atoms with van der Waals surface area (Å²) in [7, 11) is 4.11. The molecular weight excluding hydrogens is 242 g/mol. The van der Waals surface area contributed by atoms with Gasteiger partial charge >= 0.3 is 0 Å². The number of aryl methyl sites for hydroxylation is 1. The molecule has 4 heteroatoms. The maximum atomic E-state index is 4.56. The van der Waals surface area contributed by atoms with Crippen LogP contribution >= 0.6 is 11.3 Å². The van der Waals surface area contributed by atoms with E-state index in [0.717, 1.165) is 24.3 Å². The largest absolute Gasteiger partial charge is 0.378 e. The number of hydrogen-bond acceptors (Lipinski definition) is 4. The van der Waals surface area contributed by atoms with Crippen LogP contribution in [0.25, 0.3) is 0 Å². The second kappa shape index (κ2) is 5.87. The van der Waals surface area contributed by atoms with Crippen LogP contribution in [0.15, 0.2) is 29.6 Å². The number of hydrogen-bond donors (Lipinski definition) is 1. The van der Waals surface area contributed by atoms with Crippen molar-refractivity contribution in [3.8, 4) is 0 Å². The Bertz CT molecular complexity index is 505. The zero-order chi connectivity index (χ0) is 13.0. The summed E-state index contributed by atoms with van der Waals surface area (Å²) in [5, 5.41) is 6.78. The molecule has 96 valence electrons. The van der Waals surface area contributed by atoms with Gasteiger partial charge in [-0.05, 0) is 18.6 Å². The summed E-state index contributed by atoms with van der Waals surface area (Å²) < 4.78 is 0. The third kappa shape index (κ3) is 3.01. The zero-order valence-electron chi connectivity index (χ0n) is 11.1. The molecular formula is C14H19N3S. The number of para-hydroxylation sites is 2. The lowest BCUT2D eigenvalue weighted by atomic mass is 10.2. The minimum atomic E-state index is 0.779. The van der Waals surface area contributed by atoms with Gasteiger partial charge in [-0.15, -0.1) is 11.3 Å². The van der Waals surface area contributed by atoms with E-state index < -0.39 is 0 Å². The van der Waals surface area contributed by atoms with Crippen LogP contribution in [0.5, 0.6) is 0 Å². The predicted molar refractivity (Wildman–Crippen MR) is 79.6 cm³/mol. The molecule has 0 spiro atoms. The fourth-order valence-corrected chi connectivity index (χ4v) is 2.54. The van der Waals surface area contributed by atoms with Gasteiger partial charge in [0.1, 0.15) is 0 Å². The maximum Gasteiger partial charge on any atom is 0.0926 e. The van der Waals surface area contributed by atoms with Crippen LogP contribution in [0.4, 0.5) is 11.4 Å². The number of aromatic nitrogens is 1. The molecule has 2 rings (SSSR count). The average molecular weight is 261 g/mol. The summed E-state index contributed by atoms with van der Waals surface area (Å²) in [5.41, 5.74) is 3.46. The monoisotopic (exact) mass is 261 g/mol. The van der Waals surface area contributed by atoms with E-state index in [-0.39, 0.29) is 0 Å². The van der Waals surface area contributed by atoms with Crippen molar-refractivity contribution in [2.24, 2.45) is 0 Å². The first-order valence-corrected chi connectivity index (χ1v) is 7.02. The molecule has 0 aliphatic carbocycles. The fraction of sp³-hybridized carbons (Fsp3) is 0.357. The SMILES string of the molecule is CCc1nc(CNc2ccccc2N(C)C)cs1. The van der Waals surface area contributed by atoms with Gasteiger partial charge in [0.2, 0.25) is 0 Å². The van der Waals surface area contributed by atoms with E-state index in [1.807, 2.05) is 6.07 Å². The first kappa shape index (κ1) is 12.9. The normalized spacial score (nSPS) is 10.4. The van der Waals surface area contributed by atoms with Gasteiger partial charge in [-0.1, -0.05) is 19.1 Å². The smallest absolute Gasteiger partial charge is 0.0926 e. The van der Waals surface area contributed by atoms with Crippen LogP contribution in [-0.4, -0.2) is 19.1 Å². The van der Waals surface area contributed by atoms with Crippen molar-refractivity contribution in [3.63, 3.8) is 0 Å². The molecule has 0 atom stereocenters. The number of anilines is 2. The van der Waals surface area contributed by atoms with Crippen molar-refractivity contribution in [3.05, 3.63) is 40.3 Å². The minimum absolute atomic E-state index is 0.779. The van der Waals surface area contributed by atoms with E-state index >= 15 is 0 Å². The highest BCUT2D eigenvalue weighted by Gasteiger charge is 2.04. The van der Waals surface area contributed by atoms with Gasteiger partial charge in [-0.3, -0.25) is 0 Å². The highest BCUT2D eigenvalue weighted by Crippen LogP contribution is 2.24. The van der Waals surface area contributed by atoms with Crippen molar-refractivity contribution in [2.75, 3.05) is 24.3 Å². The van der Waals surface area contributed by atoms with Crippen molar-refractivity contribution < 1.29 is 0 Å². The molecule has 0 amide bonds. The van der Waals surface area contributed by atoms with E-state index in [1.165, 1.54) is 10.7 Å². The quantitative estimate of drug-likeness (QED) is 0.894. The predicted octanol–water partition coefficient (Wildman–Crippen LogP) is 3.38. The van der Waals surface area contributed by atoms with Crippen LogP contribution in [0.1, 0.15) is 17.6 Å². The second-order valence-corrected chi connectivity index (χ2v) is 5.29. The molecule has 3 nitrogen and oxygen atoms in total. The first-order valence-electron chi connectivity index (χ1n) is 6.14. The summed E-state index contributed by atoms with van der Waals surface area (Å²) in [6, 6.07) is 8.32. The average Bonchev–Trinajstić information content (AvgIpc) is 2.84. The summed E-state index contributed by atoms with van der Waals surface area (Å²) in [5.74, 6) is 0. The summed E-state index contributed by atoms with van der Waals surface area (Å²) in [4.78, 5) is 6.67. The Morgan fingerprint density at radius 1 is 1.28 bits per heavy atom. The molecule has 1 aromatic carbocycles. The van der Waals surface area contributed by atoms with Gasteiger partial charge in [0.15, 0.2) is 0 Å². The Morgan fingerprint density at radius 3 is 2.72 bits per heavy atom. The minimum Gasteiger partial charge on any atom is -0.378 e. The Balaban J connectivity index is 2.05. The molecule has 0 aliphatic rings. The third-order valence-electron chi connectivity index (χ3n) is 2.75. The topological polar surface area (TPSA) is 28.2 Å². The van der Waals surface area contributed by atoms with Crippen LogP contribution in [0.3, 0.4) is 0 Å². The maximum absolute atomic E-state index is 4.56. The lowest BCUT2D eigenvalue weighted by molar-refractivity contribution is 1.01. The molecule has 2 aromatic rings. The van der Waals surface area contributed by atoms with E-state index in [9.17, 15) is 0 Å². The number of rotatable bonds is 5. The van der Waals surface area contributed by atoms with Crippen LogP contribution in [-0.2, 0) is 13.0 Å². The standard InChI is InChI=1S/C14H19N3S/c1-4-14-16-11(10-18-14)9-15-12-7-5-6-8-13(12)17(2)3/h5-8,10,15H,4,9H2,1-3H3. The van der Waals surface area contributed by atoms with Gasteiger partial charge in [0, 0.05) is 19.5 Å². The number of nitrogens with one attached hydrogen (secondary N) is 1. The molecule has 0 aliphatic heterocycles. The van der Waals surface area contributed by atoms with Crippen LogP contribution in [0, 0.1) is 0 Å². The van der Waals surface area contributed by atoms with Crippen molar-refractivity contribution >= 4 is 22.7 Å². The molecule has 0 radical (unpaired) electrons. The Hall–Kier alpha value is -1.55. The molecule has 1 aromatic heterocycles. The van der Waals surface area contributed by atoms with Gasteiger partial charge in [0.05, 0.1) is 28.6 Å². The lowest BCUT2D eigenvalue weighted by Gasteiger charge is -2.17. The summed E-state index contributed by atoms with van der Waals surface area (Å²) in [6.07, 6.45) is 1.01. The fourth-order valence-electron chi connectivity index (χ4n) is 1.79. The Kier molecular flexibility index (Phi) is 4.20. The van der Waals surface area contributed by atoms with Gasteiger partial charge in [-0.25, -0.2) is 4.98 Å². The van der Waals surface area contributed by atoms with E-state index in [4.69, 9.17) is 0 Å². The Morgan fingerprint density at radius 2 is 2.06 bits per heavy atom. The molecule has 0 saturated heterocycles. The van der Waals surface area contributed by atoms with Crippen molar-refractivity contribution in [2.45, 2.75) is 19.9 Å². The van der Waals surface area contributed by atoms with Crippen molar-refractivity contribution in [1.29, 1.82) is 0 Å². The molecule has 1 N–H and O–H groups in total. The highest BCUT2D eigenvalue weighted by atomic mass is 32.1. The zero-order valence-corrected chi connectivity index (χ0v) is 11.9. The Labute approximate surface area is 112 Å². The van der Waals surface area contributed by atoms with Crippen LogP contribution in [0.2, 0.25) is 0 Å². The van der Waals surface area contributed by atoms with Crippen LogP contribution < -0.4 is 10.2 Å². The van der Waals surface area contributed by atoms with Gasteiger partial charge < -0.3 is 10.2 Å². The van der Waals surface area contributed by atoms with E-state index in [2.05, 4.69) is 59.8 Å². The third-order valence-corrected chi connectivity index (χ3v) is 3.79. The molecule has 0 bridgehead atoms. The molecule has 18 heavy (non-hydrogen) atoms. The molecule has 0 saturated carbocycles. The van der Waals surface area contributed by atoms with Crippen molar-refractivity contribution in [1.82, 2.24) is 4.98 Å². The number of benzene rings is 1. The lowest BCUT2D eigenvalue weighted by Crippen LogP contribution is -2.12. The molecule has 0 unspecified atom stereocenters. The number of thiazole rings is 1. The van der Waals surface area contributed by atoms with Gasteiger partial charge in [-0.2, -0.15) is 0 Å². The first-order chi connectivity index (χ1) is 8.70. The molecule has 0 fully saturated rings. The highest BCUT2D eigenvalue weighted by molar-refractivity contribution is 7.09. The van der Waals surface area contributed by atoms with E-state index in [0.29, 0.717) is 0 Å².